The van der Waals surface area contributed by atoms with Crippen molar-refractivity contribution < 1.29 is 4.79 Å². The van der Waals surface area contributed by atoms with Crippen LogP contribution in [0.25, 0.3) is 0 Å². The summed E-state index contributed by atoms with van der Waals surface area (Å²) in [7, 11) is 5.35. The number of hydrogen-bond acceptors (Lipinski definition) is 3. The van der Waals surface area contributed by atoms with Crippen molar-refractivity contribution in [1.29, 1.82) is 0 Å². The first-order chi connectivity index (χ1) is 15.0. The molecule has 2 N–H and O–H groups in total. The highest BCUT2D eigenvalue weighted by Crippen LogP contribution is 2.19. The SMILES string of the molecule is CN=C(NCCc1cccc(C(=O)N(C)C)c1)NCC(C)N1CCc2ccccc2C1.I. The highest BCUT2D eigenvalue weighted by molar-refractivity contribution is 14.0. The van der Waals surface area contributed by atoms with Crippen LogP contribution in [0.5, 0.6) is 0 Å². The van der Waals surface area contributed by atoms with Gasteiger partial charge in [0.05, 0.1) is 0 Å². The Labute approximate surface area is 209 Å². The van der Waals surface area contributed by atoms with Gasteiger partial charge in [-0.1, -0.05) is 36.4 Å². The fourth-order valence-electron chi connectivity index (χ4n) is 3.93. The maximum absolute atomic E-state index is 12.1. The highest BCUT2D eigenvalue weighted by Gasteiger charge is 2.20. The largest absolute Gasteiger partial charge is 0.356 e. The zero-order chi connectivity index (χ0) is 22.2. The van der Waals surface area contributed by atoms with Gasteiger partial charge in [0.15, 0.2) is 5.96 Å². The second kappa shape index (κ2) is 12.8. The second-order valence-corrected chi connectivity index (χ2v) is 8.37. The first kappa shape index (κ1) is 26.1. The molecule has 1 aliphatic heterocycles. The Morgan fingerprint density at radius 3 is 2.59 bits per heavy atom. The zero-order valence-corrected chi connectivity index (χ0v) is 21.9. The van der Waals surface area contributed by atoms with Gasteiger partial charge in [-0.15, -0.1) is 24.0 Å². The third kappa shape index (κ3) is 7.20. The molecule has 3 rings (SSSR count). The molecule has 1 unspecified atom stereocenters. The number of halogens is 1. The molecular formula is C25H36IN5O. The summed E-state index contributed by atoms with van der Waals surface area (Å²) in [6.07, 6.45) is 1.94. The molecule has 0 saturated carbocycles. The lowest BCUT2D eigenvalue weighted by molar-refractivity contribution is 0.0827. The van der Waals surface area contributed by atoms with Crippen molar-refractivity contribution in [3.8, 4) is 0 Å². The standard InChI is InChI=1S/C25H35N5O.HI/c1-19(30-15-13-21-9-5-6-10-23(21)18-30)17-28-25(26-2)27-14-12-20-8-7-11-22(16-20)24(31)29(3)4;/h5-11,16,19H,12-15,17-18H2,1-4H3,(H2,26,27,28);1H. The van der Waals surface area contributed by atoms with E-state index in [4.69, 9.17) is 0 Å². The van der Waals surface area contributed by atoms with Crippen molar-refractivity contribution in [2.24, 2.45) is 4.99 Å². The molecule has 0 radical (unpaired) electrons. The quantitative estimate of drug-likeness (QED) is 0.317. The molecule has 0 fully saturated rings. The number of nitrogens with one attached hydrogen (secondary N) is 2. The molecule has 0 spiro atoms. The monoisotopic (exact) mass is 549 g/mol. The van der Waals surface area contributed by atoms with Crippen molar-refractivity contribution in [3.63, 3.8) is 0 Å². The van der Waals surface area contributed by atoms with Crippen LogP contribution in [0.4, 0.5) is 0 Å². The van der Waals surface area contributed by atoms with E-state index in [-0.39, 0.29) is 29.9 Å². The number of guanidine groups is 1. The fraction of sp³-hybridized carbons (Fsp3) is 0.440. The van der Waals surface area contributed by atoms with E-state index < -0.39 is 0 Å². The predicted octanol–water partition coefficient (Wildman–Crippen LogP) is 3.16. The van der Waals surface area contributed by atoms with Crippen LogP contribution in [0.2, 0.25) is 0 Å². The maximum Gasteiger partial charge on any atom is 0.253 e. The molecule has 7 heteroatoms. The van der Waals surface area contributed by atoms with Crippen molar-refractivity contribution in [2.75, 3.05) is 40.8 Å². The molecule has 1 amide bonds. The molecule has 1 aliphatic rings. The predicted molar refractivity (Wildman–Crippen MR) is 143 cm³/mol. The zero-order valence-electron chi connectivity index (χ0n) is 19.6. The van der Waals surface area contributed by atoms with Crippen LogP contribution in [-0.4, -0.2) is 68.5 Å². The normalized spacial score (nSPS) is 14.7. The molecule has 2 aromatic carbocycles. The average Bonchev–Trinajstić information content (AvgIpc) is 2.80. The van der Waals surface area contributed by atoms with Crippen molar-refractivity contribution in [3.05, 3.63) is 70.8 Å². The molecule has 0 saturated heterocycles. The molecule has 1 heterocycles. The number of benzene rings is 2. The number of carbonyl (C=O) groups excluding carboxylic acids is 1. The summed E-state index contributed by atoms with van der Waals surface area (Å²) in [5, 5.41) is 6.85. The summed E-state index contributed by atoms with van der Waals surface area (Å²) in [6.45, 7) is 5.96. The maximum atomic E-state index is 12.1. The lowest BCUT2D eigenvalue weighted by Gasteiger charge is -2.34. The minimum Gasteiger partial charge on any atom is -0.356 e. The summed E-state index contributed by atoms with van der Waals surface area (Å²) in [5.41, 5.74) is 4.78. The summed E-state index contributed by atoms with van der Waals surface area (Å²) in [5.74, 6) is 0.839. The van der Waals surface area contributed by atoms with Gasteiger partial charge in [-0.25, -0.2) is 0 Å². The number of hydrogen-bond donors (Lipinski definition) is 2. The summed E-state index contributed by atoms with van der Waals surface area (Å²) < 4.78 is 0. The first-order valence-electron chi connectivity index (χ1n) is 11.0. The van der Waals surface area contributed by atoms with Gasteiger partial charge in [0.25, 0.3) is 5.91 Å². The van der Waals surface area contributed by atoms with E-state index in [0.29, 0.717) is 6.04 Å². The minimum atomic E-state index is 0. The third-order valence-corrected chi connectivity index (χ3v) is 5.86. The number of nitrogens with zero attached hydrogens (tertiary/aromatic N) is 3. The number of rotatable bonds is 7. The van der Waals surface area contributed by atoms with Crippen LogP contribution in [0, 0.1) is 0 Å². The minimum absolute atomic E-state index is 0. The molecule has 2 aromatic rings. The van der Waals surface area contributed by atoms with E-state index in [9.17, 15) is 4.79 Å². The molecule has 174 valence electrons. The number of fused-ring (bicyclic) bond motifs is 1. The topological polar surface area (TPSA) is 60.0 Å². The van der Waals surface area contributed by atoms with Crippen molar-refractivity contribution >= 4 is 35.8 Å². The Bertz CT molecular complexity index is 915. The van der Waals surface area contributed by atoms with E-state index in [0.717, 1.165) is 56.1 Å². The molecular weight excluding hydrogens is 513 g/mol. The van der Waals surface area contributed by atoms with Crippen LogP contribution >= 0.6 is 24.0 Å². The lowest BCUT2D eigenvalue weighted by Crippen LogP contribution is -2.47. The summed E-state index contributed by atoms with van der Waals surface area (Å²) >= 11 is 0. The number of carbonyl (C=O) groups is 1. The van der Waals surface area contributed by atoms with Crippen LogP contribution in [0.15, 0.2) is 53.5 Å². The van der Waals surface area contributed by atoms with Gasteiger partial charge in [-0.3, -0.25) is 14.7 Å². The van der Waals surface area contributed by atoms with Gasteiger partial charge in [0, 0.05) is 58.9 Å². The smallest absolute Gasteiger partial charge is 0.253 e. The van der Waals surface area contributed by atoms with Crippen LogP contribution in [0.1, 0.15) is 34.0 Å². The van der Waals surface area contributed by atoms with E-state index in [1.165, 1.54) is 11.1 Å². The highest BCUT2D eigenvalue weighted by atomic mass is 127. The number of aliphatic imine (C=N–C) groups is 1. The van der Waals surface area contributed by atoms with Gasteiger partial charge < -0.3 is 15.5 Å². The van der Waals surface area contributed by atoms with Crippen LogP contribution in [0.3, 0.4) is 0 Å². The van der Waals surface area contributed by atoms with Crippen LogP contribution < -0.4 is 10.6 Å². The van der Waals surface area contributed by atoms with Gasteiger partial charge >= 0.3 is 0 Å². The van der Waals surface area contributed by atoms with Gasteiger partial charge in [-0.05, 0) is 48.6 Å². The Morgan fingerprint density at radius 2 is 1.88 bits per heavy atom. The third-order valence-electron chi connectivity index (χ3n) is 5.86. The molecule has 0 bridgehead atoms. The van der Waals surface area contributed by atoms with E-state index in [1.54, 1.807) is 26.0 Å². The first-order valence-corrected chi connectivity index (χ1v) is 11.0. The van der Waals surface area contributed by atoms with Crippen molar-refractivity contribution in [1.82, 2.24) is 20.4 Å². The Hall–Kier alpha value is -2.13. The fourth-order valence-corrected chi connectivity index (χ4v) is 3.93. The number of amides is 1. The molecule has 1 atom stereocenters. The van der Waals surface area contributed by atoms with E-state index >= 15 is 0 Å². The van der Waals surface area contributed by atoms with Crippen LogP contribution in [-0.2, 0) is 19.4 Å². The van der Waals surface area contributed by atoms with Crippen molar-refractivity contribution in [2.45, 2.75) is 32.4 Å². The van der Waals surface area contributed by atoms with Gasteiger partial charge in [0.1, 0.15) is 0 Å². The van der Waals surface area contributed by atoms with Gasteiger partial charge in [-0.2, -0.15) is 0 Å². The average molecular weight is 550 g/mol. The second-order valence-electron chi connectivity index (χ2n) is 8.37. The molecule has 32 heavy (non-hydrogen) atoms. The molecule has 6 nitrogen and oxygen atoms in total. The van der Waals surface area contributed by atoms with Gasteiger partial charge in [0.2, 0.25) is 0 Å². The molecule has 0 aliphatic carbocycles. The lowest BCUT2D eigenvalue weighted by atomic mass is 9.99. The van der Waals surface area contributed by atoms with E-state index in [1.807, 2.05) is 18.2 Å². The Balaban J connectivity index is 0.00000363. The summed E-state index contributed by atoms with van der Waals surface area (Å²) in [6, 6.07) is 17.0. The Kier molecular flexibility index (Phi) is 10.4. The molecule has 0 aromatic heterocycles. The Morgan fingerprint density at radius 1 is 1.12 bits per heavy atom. The summed E-state index contributed by atoms with van der Waals surface area (Å²) in [4.78, 5) is 20.6. The van der Waals surface area contributed by atoms with E-state index in [2.05, 4.69) is 57.8 Å².